The van der Waals surface area contributed by atoms with E-state index in [0.717, 1.165) is 10.9 Å². The van der Waals surface area contributed by atoms with Crippen molar-refractivity contribution in [2.24, 2.45) is 5.92 Å². The van der Waals surface area contributed by atoms with E-state index in [-0.39, 0.29) is 23.8 Å². The number of benzene rings is 1. The molecule has 0 spiro atoms. The average molecular weight is 339 g/mol. The smallest absolute Gasteiger partial charge is 0.225 e. The summed E-state index contributed by atoms with van der Waals surface area (Å²) in [6, 6.07) is 8.03. The molecule has 0 unspecified atom stereocenters. The molecule has 1 saturated heterocycles. The van der Waals surface area contributed by atoms with Crippen LogP contribution in [0.4, 0.5) is 0 Å². The van der Waals surface area contributed by atoms with Gasteiger partial charge in [-0.15, -0.1) is 0 Å². The molecule has 1 aliphatic rings. The van der Waals surface area contributed by atoms with Gasteiger partial charge in [0.25, 0.3) is 0 Å². The highest BCUT2D eigenvalue weighted by atomic mass is 79.9. The predicted octanol–water partition coefficient (Wildman–Crippen LogP) is 1.97. The Morgan fingerprint density at radius 2 is 2.20 bits per heavy atom. The third kappa shape index (κ3) is 3.60. The van der Waals surface area contributed by atoms with Crippen molar-refractivity contribution in [1.82, 2.24) is 10.2 Å². The number of likely N-dealkylation sites (tertiary alicyclic amines) is 1. The van der Waals surface area contributed by atoms with Gasteiger partial charge in [0, 0.05) is 30.5 Å². The van der Waals surface area contributed by atoms with Gasteiger partial charge < -0.3 is 10.2 Å². The molecule has 2 rings (SSSR count). The number of hydrogen-bond acceptors (Lipinski definition) is 2. The van der Waals surface area contributed by atoms with Crippen LogP contribution >= 0.6 is 15.9 Å². The first-order chi connectivity index (χ1) is 9.47. The van der Waals surface area contributed by atoms with Crippen LogP contribution in [0.25, 0.3) is 0 Å². The van der Waals surface area contributed by atoms with Crippen LogP contribution in [0.1, 0.15) is 18.9 Å². The van der Waals surface area contributed by atoms with Crippen LogP contribution in [-0.4, -0.2) is 36.3 Å². The maximum absolute atomic E-state index is 12.1. The molecular formula is C15H19BrN2O2. The minimum Gasteiger partial charge on any atom is -0.353 e. The Hall–Kier alpha value is -1.36. The highest BCUT2D eigenvalue weighted by molar-refractivity contribution is 9.10. The SMILES string of the molecule is C[C@H](Cc1ccccc1Br)NC(=O)[C@@H]1CC(=O)N(C)C1. The molecule has 0 aliphatic carbocycles. The first-order valence-corrected chi connectivity index (χ1v) is 7.54. The van der Waals surface area contributed by atoms with Crippen molar-refractivity contribution >= 4 is 27.7 Å². The first kappa shape index (κ1) is 15.0. The summed E-state index contributed by atoms with van der Waals surface area (Å²) in [7, 11) is 1.74. The number of nitrogens with zero attached hydrogens (tertiary/aromatic N) is 1. The molecule has 1 fully saturated rings. The average Bonchev–Trinajstić information content (AvgIpc) is 2.72. The van der Waals surface area contributed by atoms with Gasteiger partial charge >= 0.3 is 0 Å². The lowest BCUT2D eigenvalue weighted by atomic mass is 10.0. The minimum atomic E-state index is -0.214. The minimum absolute atomic E-state index is 0.0257. The van der Waals surface area contributed by atoms with E-state index in [0.29, 0.717) is 13.0 Å². The standard InChI is InChI=1S/C15H19BrN2O2/c1-10(7-11-5-3-4-6-13(11)16)17-15(20)12-8-14(19)18(2)9-12/h3-6,10,12H,7-9H2,1-2H3,(H,17,20)/t10-,12-/m1/s1. The molecule has 1 aromatic carbocycles. The zero-order valence-corrected chi connectivity index (χ0v) is 13.3. The first-order valence-electron chi connectivity index (χ1n) is 6.75. The molecule has 0 bridgehead atoms. The van der Waals surface area contributed by atoms with Crippen molar-refractivity contribution in [3.8, 4) is 0 Å². The molecule has 4 nitrogen and oxygen atoms in total. The summed E-state index contributed by atoms with van der Waals surface area (Å²) in [4.78, 5) is 25.2. The Balaban J connectivity index is 1.89. The summed E-state index contributed by atoms with van der Waals surface area (Å²) in [5, 5.41) is 3.00. The number of amides is 2. The Kier molecular flexibility index (Phi) is 4.81. The Morgan fingerprint density at radius 1 is 1.50 bits per heavy atom. The lowest BCUT2D eigenvalue weighted by Crippen LogP contribution is -2.39. The van der Waals surface area contributed by atoms with Gasteiger partial charge in [-0.2, -0.15) is 0 Å². The summed E-state index contributed by atoms with van der Waals surface area (Å²) in [6.07, 6.45) is 1.09. The van der Waals surface area contributed by atoms with E-state index in [2.05, 4.69) is 21.2 Å². The molecule has 0 saturated carbocycles. The maximum atomic E-state index is 12.1. The molecule has 5 heteroatoms. The van der Waals surface area contributed by atoms with E-state index in [1.807, 2.05) is 31.2 Å². The molecule has 0 aromatic heterocycles. The van der Waals surface area contributed by atoms with E-state index in [9.17, 15) is 9.59 Å². The zero-order chi connectivity index (χ0) is 14.7. The number of halogens is 1. The second kappa shape index (κ2) is 6.39. The van der Waals surface area contributed by atoms with Crippen molar-refractivity contribution in [2.45, 2.75) is 25.8 Å². The number of nitrogens with one attached hydrogen (secondary N) is 1. The topological polar surface area (TPSA) is 49.4 Å². The molecule has 1 aromatic rings. The Labute approximate surface area is 127 Å². The van der Waals surface area contributed by atoms with Crippen molar-refractivity contribution in [3.63, 3.8) is 0 Å². The predicted molar refractivity (Wildman–Crippen MR) is 81.2 cm³/mol. The van der Waals surface area contributed by atoms with Crippen molar-refractivity contribution in [2.75, 3.05) is 13.6 Å². The van der Waals surface area contributed by atoms with Gasteiger partial charge in [-0.25, -0.2) is 0 Å². The Bertz CT molecular complexity index is 518. The summed E-state index contributed by atoms with van der Waals surface area (Å²) < 4.78 is 1.05. The van der Waals surface area contributed by atoms with E-state index < -0.39 is 0 Å². The van der Waals surface area contributed by atoms with Gasteiger partial charge in [0.05, 0.1) is 5.92 Å². The maximum Gasteiger partial charge on any atom is 0.225 e. The highest BCUT2D eigenvalue weighted by Crippen LogP contribution is 2.19. The third-order valence-corrected chi connectivity index (χ3v) is 4.36. The van der Waals surface area contributed by atoms with Gasteiger partial charge in [0.1, 0.15) is 0 Å². The van der Waals surface area contributed by atoms with E-state index in [1.165, 1.54) is 5.56 Å². The third-order valence-electron chi connectivity index (χ3n) is 3.58. The molecule has 2 amide bonds. The van der Waals surface area contributed by atoms with Crippen LogP contribution in [0.3, 0.4) is 0 Å². The van der Waals surface area contributed by atoms with Crippen molar-refractivity contribution in [3.05, 3.63) is 34.3 Å². The quantitative estimate of drug-likeness (QED) is 0.912. The van der Waals surface area contributed by atoms with Crippen LogP contribution < -0.4 is 5.32 Å². The van der Waals surface area contributed by atoms with Gasteiger partial charge in [-0.3, -0.25) is 9.59 Å². The van der Waals surface area contributed by atoms with Crippen LogP contribution in [0.15, 0.2) is 28.7 Å². The fraction of sp³-hybridized carbons (Fsp3) is 0.467. The largest absolute Gasteiger partial charge is 0.353 e. The van der Waals surface area contributed by atoms with Gasteiger partial charge in [0.15, 0.2) is 0 Å². The zero-order valence-electron chi connectivity index (χ0n) is 11.7. The number of rotatable bonds is 4. The fourth-order valence-electron chi connectivity index (χ4n) is 2.44. The lowest BCUT2D eigenvalue weighted by Gasteiger charge is -2.17. The second-order valence-electron chi connectivity index (χ2n) is 5.38. The summed E-state index contributed by atoms with van der Waals surface area (Å²) >= 11 is 3.51. The molecule has 1 heterocycles. The van der Waals surface area contributed by atoms with Crippen LogP contribution in [0.2, 0.25) is 0 Å². The number of carbonyl (C=O) groups excluding carboxylic acids is 2. The Morgan fingerprint density at radius 3 is 2.80 bits per heavy atom. The van der Waals surface area contributed by atoms with Gasteiger partial charge in [-0.1, -0.05) is 34.1 Å². The van der Waals surface area contributed by atoms with E-state index >= 15 is 0 Å². The van der Waals surface area contributed by atoms with E-state index in [1.54, 1.807) is 11.9 Å². The van der Waals surface area contributed by atoms with Crippen molar-refractivity contribution in [1.29, 1.82) is 0 Å². The van der Waals surface area contributed by atoms with E-state index in [4.69, 9.17) is 0 Å². The van der Waals surface area contributed by atoms with Gasteiger partial charge in [0.2, 0.25) is 11.8 Å². The molecule has 0 radical (unpaired) electrons. The summed E-state index contributed by atoms with van der Waals surface area (Å²) in [5.41, 5.74) is 1.17. The fourth-order valence-corrected chi connectivity index (χ4v) is 2.89. The van der Waals surface area contributed by atoms with Crippen LogP contribution in [-0.2, 0) is 16.0 Å². The second-order valence-corrected chi connectivity index (χ2v) is 6.23. The monoisotopic (exact) mass is 338 g/mol. The lowest BCUT2D eigenvalue weighted by molar-refractivity contribution is -0.128. The number of hydrogen-bond donors (Lipinski definition) is 1. The molecule has 20 heavy (non-hydrogen) atoms. The molecular weight excluding hydrogens is 320 g/mol. The molecule has 108 valence electrons. The molecule has 1 aliphatic heterocycles. The summed E-state index contributed by atoms with van der Waals surface area (Å²) in [6.45, 7) is 2.50. The van der Waals surface area contributed by atoms with Gasteiger partial charge in [-0.05, 0) is 25.0 Å². The van der Waals surface area contributed by atoms with Crippen molar-refractivity contribution < 1.29 is 9.59 Å². The van der Waals surface area contributed by atoms with Crippen LogP contribution in [0, 0.1) is 5.92 Å². The molecule has 1 N–H and O–H groups in total. The summed E-state index contributed by atoms with van der Waals surface area (Å²) in [5.74, 6) is -0.194. The highest BCUT2D eigenvalue weighted by Gasteiger charge is 2.32. The normalized spacial score (nSPS) is 20.1. The molecule has 2 atom stereocenters. The number of carbonyl (C=O) groups is 2. The van der Waals surface area contributed by atoms with Crippen LogP contribution in [0.5, 0.6) is 0 Å².